The highest BCUT2D eigenvalue weighted by Crippen LogP contribution is 2.16. The van der Waals surface area contributed by atoms with Crippen LogP contribution in [0.1, 0.15) is 50.5 Å². The Labute approximate surface area is 169 Å². The standard InChI is InChI=1S/C23H23FN2O3/c1-16-22(17(2)26(25-16)15-18-7-4-3-5-8-18)23(28)29-14-6-9-21(27)19-10-12-20(24)13-11-19/h3-5,7-8,10-13H,6,9,14-15H2,1-2H3. The van der Waals surface area contributed by atoms with E-state index in [9.17, 15) is 14.0 Å². The van der Waals surface area contributed by atoms with Crippen LogP contribution < -0.4 is 0 Å². The first-order valence-corrected chi connectivity index (χ1v) is 9.49. The molecule has 0 unspecified atom stereocenters. The Hall–Kier alpha value is -3.28. The number of benzene rings is 2. The summed E-state index contributed by atoms with van der Waals surface area (Å²) in [6.45, 7) is 4.34. The Kier molecular flexibility index (Phi) is 6.54. The lowest BCUT2D eigenvalue weighted by Crippen LogP contribution is -2.11. The summed E-state index contributed by atoms with van der Waals surface area (Å²) in [5, 5.41) is 4.46. The molecule has 0 bridgehead atoms. The number of esters is 1. The Bertz CT molecular complexity index is 995. The van der Waals surface area contributed by atoms with E-state index in [1.807, 2.05) is 37.3 Å². The number of hydrogen-bond donors (Lipinski definition) is 0. The summed E-state index contributed by atoms with van der Waals surface area (Å²) >= 11 is 0. The molecule has 5 nitrogen and oxygen atoms in total. The van der Waals surface area contributed by atoms with E-state index in [1.54, 1.807) is 11.6 Å². The van der Waals surface area contributed by atoms with Gasteiger partial charge in [0.25, 0.3) is 0 Å². The third-order valence-corrected chi connectivity index (χ3v) is 4.71. The summed E-state index contributed by atoms with van der Waals surface area (Å²) in [5.41, 5.74) is 3.37. The van der Waals surface area contributed by atoms with Gasteiger partial charge in [0.1, 0.15) is 11.4 Å². The quantitative estimate of drug-likeness (QED) is 0.320. The highest BCUT2D eigenvalue weighted by Gasteiger charge is 2.20. The smallest absolute Gasteiger partial charge is 0.341 e. The molecular formula is C23H23FN2O3. The molecule has 0 N–H and O–H groups in total. The van der Waals surface area contributed by atoms with Crippen molar-refractivity contribution >= 4 is 11.8 Å². The number of ketones is 1. The van der Waals surface area contributed by atoms with E-state index >= 15 is 0 Å². The van der Waals surface area contributed by atoms with Gasteiger partial charge in [0.2, 0.25) is 0 Å². The molecule has 0 radical (unpaired) electrons. The van der Waals surface area contributed by atoms with Crippen LogP contribution in [-0.4, -0.2) is 28.1 Å². The van der Waals surface area contributed by atoms with E-state index in [1.165, 1.54) is 24.3 Å². The molecule has 0 aliphatic heterocycles. The van der Waals surface area contributed by atoms with E-state index in [0.29, 0.717) is 29.8 Å². The average Bonchev–Trinajstić information content (AvgIpc) is 2.99. The minimum atomic E-state index is -0.437. The number of rotatable bonds is 8. The molecule has 29 heavy (non-hydrogen) atoms. The highest BCUT2D eigenvalue weighted by molar-refractivity contribution is 5.96. The van der Waals surface area contributed by atoms with Crippen molar-refractivity contribution in [2.45, 2.75) is 33.2 Å². The number of ether oxygens (including phenoxy) is 1. The van der Waals surface area contributed by atoms with Crippen LogP contribution in [0.4, 0.5) is 4.39 Å². The first-order chi connectivity index (χ1) is 14.0. The number of Topliss-reactive ketones (excluding diaryl/α,β-unsaturated/α-hetero) is 1. The van der Waals surface area contributed by atoms with Gasteiger partial charge in [-0.15, -0.1) is 0 Å². The second-order valence-corrected chi connectivity index (χ2v) is 6.86. The van der Waals surface area contributed by atoms with Crippen LogP contribution in [0.15, 0.2) is 54.6 Å². The SMILES string of the molecule is Cc1nn(Cc2ccccc2)c(C)c1C(=O)OCCCC(=O)c1ccc(F)cc1. The van der Waals surface area contributed by atoms with Crippen LogP contribution in [0.2, 0.25) is 0 Å². The van der Waals surface area contributed by atoms with E-state index in [2.05, 4.69) is 5.10 Å². The maximum atomic E-state index is 12.9. The second kappa shape index (κ2) is 9.28. The fourth-order valence-corrected chi connectivity index (χ4v) is 3.15. The largest absolute Gasteiger partial charge is 0.462 e. The molecule has 3 rings (SSSR count). The van der Waals surface area contributed by atoms with Crippen molar-refractivity contribution < 1.29 is 18.7 Å². The fourth-order valence-electron chi connectivity index (χ4n) is 3.15. The van der Waals surface area contributed by atoms with Crippen LogP contribution in [-0.2, 0) is 11.3 Å². The molecule has 0 spiro atoms. The lowest BCUT2D eigenvalue weighted by Gasteiger charge is -2.07. The van der Waals surface area contributed by atoms with Crippen LogP contribution in [0, 0.1) is 19.7 Å². The number of carbonyl (C=O) groups excluding carboxylic acids is 2. The zero-order chi connectivity index (χ0) is 20.8. The van der Waals surface area contributed by atoms with Gasteiger partial charge in [-0.25, -0.2) is 9.18 Å². The van der Waals surface area contributed by atoms with Gasteiger partial charge in [0.05, 0.1) is 24.5 Å². The minimum Gasteiger partial charge on any atom is -0.462 e. The molecule has 1 aromatic heterocycles. The third kappa shape index (κ3) is 5.16. The summed E-state index contributed by atoms with van der Waals surface area (Å²) in [4.78, 5) is 24.6. The van der Waals surface area contributed by atoms with Gasteiger partial charge in [-0.2, -0.15) is 5.10 Å². The molecule has 2 aromatic carbocycles. The van der Waals surface area contributed by atoms with Crippen LogP contribution >= 0.6 is 0 Å². The summed E-state index contributed by atoms with van der Waals surface area (Å²) in [5.74, 6) is -0.924. The van der Waals surface area contributed by atoms with Gasteiger partial charge >= 0.3 is 5.97 Å². The zero-order valence-corrected chi connectivity index (χ0v) is 16.5. The molecule has 3 aromatic rings. The van der Waals surface area contributed by atoms with E-state index < -0.39 is 5.97 Å². The molecule has 0 fully saturated rings. The van der Waals surface area contributed by atoms with E-state index in [-0.39, 0.29) is 24.6 Å². The van der Waals surface area contributed by atoms with Crippen molar-refractivity contribution in [1.29, 1.82) is 0 Å². The number of carbonyl (C=O) groups is 2. The predicted octanol–water partition coefficient (Wildman–Crippen LogP) is 4.51. The number of halogens is 1. The topological polar surface area (TPSA) is 61.2 Å². The fraction of sp³-hybridized carbons (Fsp3) is 0.261. The molecule has 0 amide bonds. The minimum absolute atomic E-state index is 0.107. The van der Waals surface area contributed by atoms with Gasteiger partial charge in [0.15, 0.2) is 5.78 Å². The molecular weight excluding hydrogens is 371 g/mol. The zero-order valence-electron chi connectivity index (χ0n) is 16.5. The van der Waals surface area contributed by atoms with Crippen molar-refractivity contribution in [1.82, 2.24) is 9.78 Å². The second-order valence-electron chi connectivity index (χ2n) is 6.86. The normalized spacial score (nSPS) is 10.7. The Morgan fingerprint density at radius 1 is 1.03 bits per heavy atom. The van der Waals surface area contributed by atoms with Gasteiger partial charge in [-0.05, 0) is 50.1 Å². The molecule has 0 saturated carbocycles. The van der Waals surface area contributed by atoms with Crippen molar-refractivity contribution in [3.63, 3.8) is 0 Å². The highest BCUT2D eigenvalue weighted by atomic mass is 19.1. The maximum absolute atomic E-state index is 12.9. The summed E-state index contributed by atoms with van der Waals surface area (Å²) in [7, 11) is 0. The van der Waals surface area contributed by atoms with Crippen LogP contribution in [0.3, 0.4) is 0 Å². The Morgan fingerprint density at radius 3 is 2.41 bits per heavy atom. The van der Waals surface area contributed by atoms with Gasteiger partial charge in [-0.1, -0.05) is 30.3 Å². The first kappa shape index (κ1) is 20.5. The van der Waals surface area contributed by atoms with E-state index in [4.69, 9.17) is 4.74 Å². The average molecular weight is 394 g/mol. The predicted molar refractivity (Wildman–Crippen MR) is 107 cm³/mol. The number of hydrogen-bond acceptors (Lipinski definition) is 4. The van der Waals surface area contributed by atoms with Crippen molar-refractivity contribution in [2.24, 2.45) is 0 Å². The van der Waals surface area contributed by atoms with Crippen molar-refractivity contribution in [2.75, 3.05) is 6.61 Å². The lowest BCUT2D eigenvalue weighted by atomic mass is 10.1. The molecule has 0 saturated heterocycles. The van der Waals surface area contributed by atoms with Gasteiger partial charge < -0.3 is 4.74 Å². The van der Waals surface area contributed by atoms with E-state index in [0.717, 1.165) is 11.3 Å². The molecule has 1 heterocycles. The first-order valence-electron chi connectivity index (χ1n) is 9.49. The van der Waals surface area contributed by atoms with Crippen LogP contribution in [0.25, 0.3) is 0 Å². The number of nitrogens with zero attached hydrogens (tertiary/aromatic N) is 2. The molecule has 0 aliphatic carbocycles. The number of aromatic nitrogens is 2. The Balaban J connectivity index is 1.54. The summed E-state index contributed by atoms with van der Waals surface area (Å²) in [6.07, 6.45) is 0.627. The van der Waals surface area contributed by atoms with Crippen molar-refractivity contribution in [3.05, 3.63) is 88.5 Å². The summed E-state index contributed by atoms with van der Waals surface area (Å²) < 4.78 is 20.1. The lowest BCUT2D eigenvalue weighted by molar-refractivity contribution is 0.0492. The number of aryl methyl sites for hydroxylation is 1. The van der Waals surface area contributed by atoms with Crippen LogP contribution in [0.5, 0.6) is 0 Å². The molecule has 0 atom stereocenters. The third-order valence-electron chi connectivity index (χ3n) is 4.71. The van der Waals surface area contributed by atoms with Gasteiger partial charge in [-0.3, -0.25) is 9.48 Å². The monoisotopic (exact) mass is 394 g/mol. The molecule has 0 aliphatic rings. The maximum Gasteiger partial charge on any atom is 0.341 e. The Morgan fingerprint density at radius 2 is 1.72 bits per heavy atom. The van der Waals surface area contributed by atoms with Gasteiger partial charge in [0, 0.05) is 12.0 Å². The summed E-state index contributed by atoms with van der Waals surface area (Å²) in [6, 6.07) is 15.3. The molecule has 150 valence electrons. The molecule has 6 heteroatoms. The van der Waals surface area contributed by atoms with Crippen molar-refractivity contribution in [3.8, 4) is 0 Å².